The molecule has 0 fully saturated rings. The van der Waals surface area contributed by atoms with Gasteiger partial charge in [0.25, 0.3) is 0 Å². The highest BCUT2D eigenvalue weighted by molar-refractivity contribution is 5.21. The summed E-state index contributed by atoms with van der Waals surface area (Å²) in [5.41, 5.74) is 7.53. The fourth-order valence-corrected chi connectivity index (χ4v) is 1.12. The molecule has 0 saturated carbocycles. The second-order valence-electron chi connectivity index (χ2n) is 3.11. The summed E-state index contributed by atoms with van der Waals surface area (Å²) in [7, 11) is 3.98. The number of nitrogens with zero attached hydrogens (tertiary/aromatic N) is 2. The molecule has 0 atom stereocenters. The number of hydrogen-bond acceptors (Lipinski definition) is 4. The van der Waals surface area contributed by atoms with Crippen molar-refractivity contribution >= 4 is 0 Å². The van der Waals surface area contributed by atoms with Crippen molar-refractivity contribution in [3.05, 3.63) is 17.0 Å². The molecule has 12 heavy (non-hydrogen) atoms. The van der Waals surface area contributed by atoms with E-state index in [0.717, 1.165) is 23.6 Å². The summed E-state index contributed by atoms with van der Waals surface area (Å²) in [6.07, 6.45) is 0. The zero-order chi connectivity index (χ0) is 9.14. The zero-order valence-corrected chi connectivity index (χ0v) is 7.79. The minimum atomic E-state index is 0.499. The van der Waals surface area contributed by atoms with E-state index in [9.17, 15) is 0 Å². The van der Waals surface area contributed by atoms with Gasteiger partial charge in [-0.25, -0.2) is 0 Å². The molecule has 4 nitrogen and oxygen atoms in total. The van der Waals surface area contributed by atoms with Crippen LogP contribution in [0.4, 0.5) is 0 Å². The van der Waals surface area contributed by atoms with Crippen LogP contribution in [0.15, 0.2) is 4.52 Å². The maximum absolute atomic E-state index is 5.55. The van der Waals surface area contributed by atoms with Crippen molar-refractivity contribution < 1.29 is 4.52 Å². The van der Waals surface area contributed by atoms with E-state index in [-0.39, 0.29) is 0 Å². The van der Waals surface area contributed by atoms with Crippen LogP contribution in [-0.4, -0.2) is 24.2 Å². The van der Waals surface area contributed by atoms with Gasteiger partial charge >= 0.3 is 0 Å². The Hall–Kier alpha value is -0.870. The summed E-state index contributed by atoms with van der Waals surface area (Å²) in [6.45, 7) is 3.16. The molecule has 4 heteroatoms. The number of nitrogens with two attached hydrogens (primary N) is 1. The molecule has 0 spiro atoms. The molecule has 0 radical (unpaired) electrons. The van der Waals surface area contributed by atoms with Crippen LogP contribution in [0.5, 0.6) is 0 Å². The first kappa shape index (κ1) is 9.22. The van der Waals surface area contributed by atoms with Crippen LogP contribution in [0.25, 0.3) is 0 Å². The maximum atomic E-state index is 5.55. The third kappa shape index (κ3) is 1.84. The van der Waals surface area contributed by atoms with Gasteiger partial charge in [-0.15, -0.1) is 0 Å². The SMILES string of the molecule is Cc1onc(CN(C)C)c1CN. The molecular weight excluding hydrogens is 154 g/mol. The molecule has 0 aromatic carbocycles. The predicted molar refractivity (Wildman–Crippen MR) is 46.5 cm³/mol. The number of rotatable bonds is 3. The summed E-state index contributed by atoms with van der Waals surface area (Å²) in [5.74, 6) is 0.828. The van der Waals surface area contributed by atoms with Crippen molar-refractivity contribution in [1.82, 2.24) is 10.1 Å². The Morgan fingerprint density at radius 2 is 2.17 bits per heavy atom. The molecule has 1 aromatic rings. The molecule has 0 aliphatic carbocycles. The first-order valence-electron chi connectivity index (χ1n) is 3.94. The third-order valence-corrected chi connectivity index (χ3v) is 1.74. The lowest BCUT2D eigenvalue weighted by molar-refractivity contribution is 0.355. The molecule has 0 saturated heterocycles. The monoisotopic (exact) mass is 169 g/mol. The number of aromatic nitrogens is 1. The van der Waals surface area contributed by atoms with Gasteiger partial charge in [0.15, 0.2) is 0 Å². The van der Waals surface area contributed by atoms with Crippen molar-refractivity contribution in [2.75, 3.05) is 14.1 Å². The second-order valence-corrected chi connectivity index (χ2v) is 3.11. The van der Waals surface area contributed by atoms with E-state index in [1.54, 1.807) is 0 Å². The van der Waals surface area contributed by atoms with Gasteiger partial charge in [-0.2, -0.15) is 0 Å². The lowest BCUT2D eigenvalue weighted by Gasteiger charge is -2.06. The van der Waals surface area contributed by atoms with E-state index in [1.165, 1.54) is 0 Å². The van der Waals surface area contributed by atoms with Crippen LogP contribution < -0.4 is 5.73 Å². The molecule has 0 amide bonds. The van der Waals surface area contributed by atoms with Gasteiger partial charge in [0.05, 0.1) is 0 Å². The van der Waals surface area contributed by atoms with Gasteiger partial charge < -0.3 is 15.2 Å². The van der Waals surface area contributed by atoms with Crippen molar-refractivity contribution in [1.29, 1.82) is 0 Å². The maximum Gasteiger partial charge on any atom is 0.138 e. The van der Waals surface area contributed by atoms with Gasteiger partial charge in [0.1, 0.15) is 11.5 Å². The summed E-state index contributed by atoms with van der Waals surface area (Å²) in [6, 6.07) is 0. The van der Waals surface area contributed by atoms with E-state index in [4.69, 9.17) is 10.3 Å². The van der Waals surface area contributed by atoms with E-state index >= 15 is 0 Å². The fourth-order valence-electron chi connectivity index (χ4n) is 1.12. The lowest BCUT2D eigenvalue weighted by Crippen LogP contribution is -2.13. The summed E-state index contributed by atoms with van der Waals surface area (Å²) < 4.78 is 5.03. The van der Waals surface area contributed by atoms with Gasteiger partial charge in [-0.05, 0) is 21.0 Å². The standard InChI is InChI=1S/C8H15N3O/c1-6-7(4-9)8(10-12-6)5-11(2)3/h4-5,9H2,1-3H3. The van der Waals surface area contributed by atoms with Crippen molar-refractivity contribution in [2.24, 2.45) is 5.73 Å². The predicted octanol–water partition coefficient (Wildman–Crippen LogP) is 0.503. The number of aryl methyl sites for hydroxylation is 1. The molecule has 0 aliphatic heterocycles. The Morgan fingerprint density at radius 3 is 2.67 bits per heavy atom. The molecular formula is C8H15N3O. The normalized spacial score (nSPS) is 11.1. The molecule has 68 valence electrons. The molecule has 1 aromatic heterocycles. The van der Waals surface area contributed by atoms with E-state index < -0.39 is 0 Å². The highest BCUT2D eigenvalue weighted by Gasteiger charge is 2.10. The van der Waals surface area contributed by atoms with Crippen molar-refractivity contribution in [3.63, 3.8) is 0 Å². The third-order valence-electron chi connectivity index (χ3n) is 1.74. The van der Waals surface area contributed by atoms with Crippen molar-refractivity contribution in [2.45, 2.75) is 20.0 Å². The van der Waals surface area contributed by atoms with Crippen LogP contribution >= 0.6 is 0 Å². The zero-order valence-electron chi connectivity index (χ0n) is 7.79. The lowest BCUT2D eigenvalue weighted by atomic mass is 10.2. The van der Waals surface area contributed by atoms with Crippen LogP contribution in [0.2, 0.25) is 0 Å². The van der Waals surface area contributed by atoms with Crippen LogP contribution in [0.3, 0.4) is 0 Å². The molecule has 1 rings (SSSR count). The quantitative estimate of drug-likeness (QED) is 0.716. The molecule has 0 aliphatic rings. The minimum absolute atomic E-state index is 0.499. The molecule has 1 heterocycles. The molecule has 2 N–H and O–H groups in total. The first-order valence-corrected chi connectivity index (χ1v) is 3.94. The highest BCUT2D eigenvalue weighted by Crippen LogP contribution is 2.13. The smallest absolute Gasteiger partial charge is 0.138 e. The van der Waals surface area contributed by atoms with Crippen LogP contribution in [0.1, 0.15) is 17.0 Å². The Labute approximate surface area is 72.3 Å². The van der Waals surface area contributed by atoms with Crippen molar-refractivity contribution in [3.8, 4) is 0 Å². The molecule has 0 unspecified atom stereocenters. The van der Waals surface area contributed by atoms with Gasteiger partial charge in [0.2, 0.25) is 0 Å². The van der Waals surface area contributed by atoms with Gasteiger partial charge in [-0.3, -0.25) is 0 Å². The molecule has 0 bridgehead atoms. The Bertz CT molecular complexity index is 255. The fraction of sp³-hybridized carbons (Fsp3) is 0.625. The average Bonchev–Trinajstić information content (AvgIpc) is 2.30. The summed E-state index contributed by atoms with van der Waals surface area (Å²) in [5, 5.41) is 3.93. The van der Waals surface area contributed by atoms with Gasteiger partial charge in [-0.1, -0.05) is 5.16 Å². The van der Waals surface area contributed by atoms with E-state index in [1.807, 2.05) is 25.9 Å². The average molecular weight is 169 g/mol. The minimum Gasteiger partial charge on any atom is -0.361 e. The highest BCUT2D eigenvalue weighted by atomic mass is 16.5. The summed E-state index contributed by atoms with van der Waals surface area (Å²) in [4.78, 5) is 2.04. The van der Waals surface area contributed by atoms with Crippen LogP contribution in [0, 0.1) is 6.92 Å². The Balaban J connectivity index is 2.84. The Morgan fingerprint density at radius 1 is 1.50 bits per heavy atom. The topological polar surface area (TPSA) is 55.3 Å². The largest absolute Gasteiger partial charge is 0.361 e. The summed E-state index contributed by atoms with van der Waals surface area (Å²) >= 11 is 0. The van der Waals surface area contributed by atoms with Crippen LogP contribution in [-0.2, 0) is 13.1 Å². The first-order chi connectivity index (χ1) is 5.65. The van der Waals surface area contributed by atoms with E-state index in [2.05, 4.69) is 5.16 Å². The van der Waals surface area contributed by atoms with Gasteiger partial charge in [0, 0.05) is 18.7 Å². The number of hydrogen-bond donors (Lipinski definition) is 1. The second kappa shape index (κ2) is 3.69. The van der Waals surface area contributed by atoms with E-state index in [0.29, 0.717) is 6.54 Å². The Kier molecular flexibility index (Phi) is 2.83.